The molecular formula is C13H19NO3. The van der Waals surface area contributed by atoms with Gasteiger partial charge in [-0.05, 0) is 30.5 Å². The third kappa shape index (κ3) is 4.44. The predicted molar refractivity (Wildman–Crippen MR) is 67.4 cm³/mol. The molecule has 0 amide bonds. The minimum Gasteiger partial charge on any atom is -0.478 e. The van der Waals surface area contributed by atoms with Crippen LogP contribution in [-0.4, -0.2) is 29.3 Å². The number of benzene rings is 1. The Morgan fingerprint density at radius 1 is 1.47 bits per heavy atom. The van der Waals surface area contributed by atoms with E-state index < -0.39 is 5.97 Å². The van der Waals surface area contributed by atoms with Crippen LogP contribution in [0.1, 0.15) is 30.1 Å². The number of anilines is 1. The standard InChI is InChI=1S/C13H19NO3/c1-2-10(6-7-15)9-14-12-5-3-4-11(8-12)13(16)17/h3-5,8,10,14-15H,2,6-7,9H2,1H3,(H,16,17). The van der Waals surface area contributed by atoms with E-state index in [0.717, 1.165) is 25.1 Å². The van der Waals surface area contributed by atoms with Gasteiger partial charge in [-0.1, -0.05) is 19.4 Å². The maximum atomic E-state index is 10.8. The molecule has 1 aromatic rings. The summed E-state index contributed by atoms with van der Waals surface area (Å²) in [4.78, 5) is 10.8. The molecule has 1 aromatic carbocycles. The Balaban J connectivity index is 2.56. The van der Waals surface area contributed by atoms with Gasteiger partial charge >= 0.3 is 5.97 Å². The molecule has 1 atom stereocenters. The van der Waals surface area contributed by atoms with Crippen LogP contribution in [0.15, 0.2) is 24.3 Å². The highest BCUT2D eigenvalue weighted by atomic mass is 16.4. The van der Waals surface area contributed by atoms with E-state index in [4.69, 9.17) is 10.2 Å². The molecule has 0 heterocycles. The van der Waals surface area contributed by atoms with Crippen molar-refractivity contribution in [1.29, 1.82) is 0 Å². The predicted octanol–water partition coefficient (Wildman–Crippen LogP) is 2.21. The summed E-state index contributed by atoms with van der Waals surface area (Å²) in [6.07, 6.45) is 1.76. The largest absolute Gasteiger partial charge is 0.478 e. The van der Waals surface area contributed by atoms with Gasteiger partial charge in [-0.25, -0.2) is 4.79 Å². The lowest BCUT2D eigenvalue weighted by atomic mass is 10.0. The van der Waals surface area contributed by atoms with Gasteiger partial charge in [0.2, 0.25) is 0 Å². The van der Waals surface area contributed by atoms with Gasteiger partial charge in [-0.3, -0.25) is 0 Å². The Hall–Kier alpha value is -1.55. The summed E-state index contributed by atoms with van der Waals surface area (Å²) in [5.41, 5.74) is 1.09. The lowest BCUT2D eigenvalue weighted by Crippen LogP contribution is -2.15. The van der Waals surface area contributed by atoms with Crippen LogP contribution in [-0.2, 0) is 0 Å². The summed E-state index contributed by atoms with van der Waals surface area (Å²) in [6, 6.07) is 6.75. The minimum absolute atomic E-state index is 0.190. The Bertz CT molecular complexity index is 365. The van der Waals surface area contributed by atoms with Gasteiger partial charge in [0, 0.05) is 18.8 Å². The smallest absolute Gasteiger partial charge is 0.335 e. The van der Waals surface area contributed by atoms with Crippen molar-refractivity contribution < 1.29 is 15.0 Å². The lowest BCUT2D eigenvalue weighted by molar-refractivity contribution is 0.0697. The molecule has 0 bridgehead atoms. The maximum absolute atomic E-state index is 10.8. The number of rotatable bonds is 7. The zero-order chi connectivity index (χ0) is 12.7. The van der Waals surface area contributed by atoms with Gasteiger partial charge < -0.3 is 15.5 Å². The summed E-state index contributed by atoms with van der Waals surface area (Å²) in [5, 5.41) is 20.9. The van der Waals surface area contributed by atoms with Crippen molar-refractivity contribution in [3.8, 4) is 0 Å². The second-order valence-electron chi connectivity index (χ2n) is 4.05. The summed E-state index contributed by atoms with van der Waals surface area (Å²) in [5.74, 6) is -0.510. The van der Waals surface area contributed by atoms with E-state index in [-0.39, 0.29) is 12.2 Å². The number of aliphatic hydroxyl groups excluding tert-OH is 1. The molecule has 4 nitrogen and oxygen atoms in total. The first kappa shape index (κ1) is 13.5. The van der Waals surface area contributed by atoms with Crippen molar-refractivity contribution in [3.05, 3.63) is 29.8 Å². The zero-order valence-corrected chi connectivity index (χ0v) is 10.0. The Morgan fingerprint density at radius 2 is 2.24 bits per heavy atom. The second kappa shape index (κ2) is 6.91. The average molecular weight is 237 g/mol. The minimum atomic E-state index is -0.920. The van der Waals surface area contributed by atoms with E-state index in [1.807, 2.05) is 6.07 Å². The van der Waals surface area contributed by atoms with Crippen LogP contribution in [0.3, 0.4) is 0 Å². The third-order valence-corrected chi connectivity index (χ3v) is 2.82. The molecule has 1 rings (SSSR count). The van der Waals surface area contributed by atoms with E-state index in [2.05, 4.69) is 12.2 Å². The first-order valence-corrected chi connectivity index (χ1v) is 5.85. The fourth-order valence-corrected chi connectivity index (χ4v) is 1.66. The third-order valence-electron chi connectivity index (χ3n) is 2.82. The number of carboxylic acids is 1. The van der Waals surface area contributed by atoms with E-state index in [1.54, 1.807) is 18.2 Å². The molecule has 0 saturated heterocycles. The molecule has 0 aliphatic carbocycles. The highest BCUT2D eigenvalue weighted by Gasteiger charge is 2.06. The number of carboxylic acid groups (broad SMARTS) is 1. The lowest BCUT2D eigenvalue weighted by Gasteiger charge is -2.15. The number of aliphatic hydroxyl groups is 1. The molecule has 94 valence electrons. The van der Waals surface area contributed by atoms with Gasteiger partial charge in [0.05, 0.1) is 5.56 Å². The number of hydrogen-bond donors (Lipinski definition) is 3. The van der Waals surface area contributed by atoms with Crippen LogP contribution in [0.5, 0.6) is 0 Å². The number of aromatic carboxylic acids is 1. The van der Waals surface area contributed by atoms with Crippen LogP contribution in [0, 0.1) is 5.92 Å². The number of nitrogens with one attached hydrogen (secondary N) is 1. The molecule has 0 aliphatic heterocycles. The quantitative estimate of drug-likeness (QED) is 0.680. The van der Waals surface area contributed by atoms with E-state index in [9.17, 15) is 4.79 Å². The first-order chi connectivity index (χ1) is 8.17. The summed E-state index contributed by atoms with van der Waals surface area (Å²) < 4.78 is 0. The van der Waals surface area contributed by atoms with E-state index in [1.165, 1.54) is 0 Å². The van der Waals surface area contributed by atoms with Crippen LogP contribution in [0.25, 0.3) is 0 Å². The van der Waals surface area contributed by atoms with Gasteiger partial charge in [-0.15, -0.1) is 0 Å². The molecule has 0 radical (unpaired) electrons. The Labute approximate surface area is 101 Å². The van der Waals surface area contributed by atoms with Crippen molar-refractivity contribution >= 4 is 11.7 Å². The van der Waals surface area contributed by atoms with E-state index in [0.29, 0.717) is 5.92 Å². The highest BCUT2D eigenvalue weighted by molar-refractivity contribution is 5.88. The molecule has 0 fully saturated rings. The van der Waals surface area contributed by atoms with Gasteiger partial charge in [0.15, 0.2) is 0 Å². The SMILES string of the molecule is CCC(CCO)CNc1cccc(C(=O)O)c1. The average Bonchev–Trinajstić information content (AvgIpc) is 2.34. The normalized spacial score (nSPS) is 12.1. The zero-order valence-electron chi connectivity index (χ0n) is 10.0. The molecule has 4 heteroatoms. The van der Waals surface area contributed by atoms with Crippen LogP contribution in [0.4, 0.5) is 5.69 Å². The molecule has 0 aromatic heterocycles. The van der Waals surface area contributed by atoms with Crippen molar-refractivity contribution in [3.63, 3.8) is 0 Å². The topological polar surface area (TPSA) is 69.6 Å². The maximum Gasteiger partial charge on any atom is 0.335 e. The monoisotopic (exact) mass is 237 g/mol. The first-order valence-electron chi connectivity index (χ1n) is 5.85. The van der Waals surface area contributed by atoms with Crippen LogP contribution >= 0.6 is 0 Å². The molecule has 0 aliphatic rings. The highest BCUT2D eigenvalue weighted by Crippen LogP contribution is 2.13. The Morgan fingerprint density at radius 3 is 2.82 bits per heavy atom. The molecule has 0 spiro atoms. The van der Waals surface area contributed by atoms with Crippen molar-refractivity contribution in [2.24, 2.45) is 5.92 Å². The van der Waals surface area contributed by atoms with E-state index >= 15 is 0 Å². The number of carbonyl (C=O) groups is 1. The van der Waals surface area contributed by atoms with Crippen molar-refractivity contribution in [2.45, 2.75) is 19.8 Å². The molecule has 0 saturated carbocycles. The number of hydrogen-bond acceptors (Lipinski definition) is 3. The van der Waals surface area contributed by atoms with Crippen LogP contribution < -0.4 is 5.32 Å². The fraction of sp³-hybridized carbons (Fsp3) is 0.462. The van der Waals surface area contributed by atoms with Crippen molar-refractivity contribution in [1.82, 2.24) is 0 Å². The molecular weight excluding hydrogens is 218 g/mol. The Kier molecular flexibility index (Phi) is 5.49. The van der Waals surface area contributed by atoms with Crippen molar-refractivity contribution in [2.75, 3.05) is 18.5 Å². The van der Waals surface area contributed by atoms with Gasteiger partial charge in [0.25, 0.3) is 0 Å². The molecule has 17 heavy (non-hydrogen) atoms. The summed E-state index contributed by atoms with van der Waals surface area (Å²) >= 11 is 0. The molecule has 1 unspecified atom stereocenters. The van der Waals surface area contributed by atoms with Gasteiger partial charge in [0.1, 0.15) is 0 Å². The second-order valence-corrected chi connectivity index (χ2v) is 4.05. The molecule has 3 N–H and O–H groups in total. The fourth-order valence-electron chi connectivity index (χ4n) is 1.66. The summed E-state index contributed by atoms with van der Waals surface area (Å²) in [6.45, 7) is 3.02. The van der Waals surface area contributed by atoms with Crippen LogP contribution in [0.2, 0.25) is 0 Å². The summed E-state index contributed by atoms with van der Waals surface area (Å²) in [7, 11) is 0. The van der Waals surface area contributed by atoms with Gasteiger partial charge in [-0.2, -0.15) is 0 Å².